The zero-order valence-electron chi connectivity index (χ0n) is 32.0. The van der Waals surface area contributed by atoms with Crippen molar-refractivity contribution >= 4 is 39.4 Å². The van der Waals surface area contributed by atoms with Crippen LogP contribution >= 0.6 is 17.8 Å². The molecular formula is C48H52O5P2. The van der Waals surface area contributed by atoms with Crippen molar-refractivity contribution in [3.63, 3.8) is 0 Å². The minimum Gasteiger partial charge on any atom is -0.496 e. The molecular weight excluding hydrogens is 718 g/mol. The van der Waals surface area contributed by atoms with E-state index in [9.17, 15) is 0 Å². The number of benzene rings is 4. The molecule has 0 bridgehead atoms. The molecule has 0 amide bonds. The quantitative estimate of drug-likeness (QED) is 0.0944. The van der Waals surface area contributed by atoms with E-state index in [1.54, 1.807) is 23.8 Å². The molecule has 0 aliphatic heterocycles. The highest BCUT2D eigenvalue weighted by Gasteiger charge is 2.40. The van der Waals surface area contributed by atoms with Crippen LogP contribution in [-0.4, -0.2) is 33.1 Å². The highest BCUT2D eigenvalue weighted by molar-refractivity contribution is 7.33. The summed E-state index contributed by atoms with van der Waals surface area (Å²) in [5, 5.41) is 4.58. The predicted molar refractivity (Wildman–Crippen MR) is 229 cm³/mol. The highest BCUT2D eigenvalue weighted by Crippen LogP contribution is 2.52. The molecule has 0 heterocycles. The van der Waals surface area contributed by atoms with Crippen LogP contribution in [0.2, 0.25) is 0 Å². The van der Waals surface area contributed by atoms with E-state index in [0.29, 0.717) is 32.5 Å². The minimum absolute atomic E-state index is 0.0502. The summed E-state index contributed by atoms with van der Waals surface area (Å²) in [5.74, 6) is 4.91. The number of methoxy groups -OCH3 is 2. The van der Waals surface area contributed by atoms with E-state index in [-0.39, 0.29) is 15.1 Å². The maximum Gasteiger partial charge on any atom is 0.215 e. The van der Waals surface area contributed by atoms with E-state index >= 15 is 0 Å². The Balaban J connectivity index is 0.881. The summed E-state index contributed by atoms with van der Waals surface area (Å²) < 4.78 is 31.5. The Morgan fingerprint density at radius 3 is 2.44 bits per heavy atom. The summed E-state index contributed by atoms with van der Waals surface area (Å²) in [6.07, 6.45) is 23.0. The van der Waals surface area contributed by atoms with Crippen molar-refractivity contribution < 1.29 is 23.0 Å². The average Bonchev–Trinajstić information content (AvgIpc) is 4.01. The summed E-state index contributed by atoms with van der Waals surface area (Å²) in [4.78, 5) is 0. The van der Waals surface area contributed by atoms with Crippen LogP contribution in [0.15, 0.2) is 131 Å². The molecule has 9 rings (SSSR count). The first kappa shape index (κ1) is 36.9. The standard InChI is InChI=1S/C48H52O5P2/c1-49-29-35-17-7-13-33-14-8-20-39(47(33)35)40-27-36(40)30-54-51-45-21-9-15-34-16-10-22-46(48(34)45)53-55-52-44-26-24-32-12-4-6-19-38(32)42(44)28-41-37-18-5-3-11-31(37)23-25-43(41)50-2/h3-6,9-12,15-16,18-19,21-23,25,27,32,35,39-40,44,54-55H,7-8,13-14,17,20,24,26,28-30H2,1-2H3. The van der Waals surface area contributed by atoms with Crippen molar-refractivity contribution in [1.82, 2.24) is 0 Å². The fourth-order valence-electron chi connectivity index (χ4n) is 10.0. The molecule has 55 heavy (non-hydrogen) atoms. The van der Waals surface area contributed by atoms with Crippen LogP contribution in [0.5, 0.6) is 17.2 Å². The fourth-order valence-corrected chi connectivity index (χ4v) is 11.6. The molecule has 5 aliphatic carbocycles. The Morgan fingerprint density at radius 1 is 0.764 bits per heavy atom. The summed E-state index contributed by atoms with van der Waals surface area (Å²) in [6, 6.07) is 25.4. The molecule has 4 aromatic rings. The van der Waals surface area contributed by atoms with E-state index in [0.717, 1.165) is 60.1 Å². The SMILES string of the molecule is COCC1CCCC2=C1C(C1C=C1CPOc1cccc3cccc(OPOC4CCC5C=CC=CC5=C4Cc4c(OC)ccc5ccccc45)c13)CCC2. The normalized spacial score (nSPS) is 24.9. The van der Waals surface area contributed by atoms with Gasteiger partial charge in [0.2, 0.25) is 9.03 Å². The average molecular weight is 771 g/mol. The van der Waals surface area contributed by atoms with Crippen molar-refractivity contribution in [2.75, 3.05) is 27.0 Å². The molecule has 4 aromatic carbocycles. The van der Waals surface area contributed by atoms with E-state index in [1.165, 1.54) is 66.0 Å². The maximum absolute atomic E-state index is 6.74. The number of fused-ring (bicyclic) bond motifs is 3. The monoisotopic (exact) mass is 770 g/mol. The van der Waals surface area contributed by atoms with Gasteiger partial charge in [-0.2, -0.15) is 0 Å². The van der Waals surface area contributed by atoms with Crippen molar-refractivity contribution in [2.45, 2.75) is 63.9 Å². The van der Waals surface area contributed by atoms with E-state index in [4.69, 9.17) is 23.0 Å². The summed E-state index contributed by atoms with van der Waals surface area (Å²) in [7, 11) is 3.84. The predicted octanol–water partition coefficient (Wildman–Crippen LogP) is 12.4. The first-order valence-electron chi connectivity index (χ1n) is 20.2. The van der Waals surface area contributed by atoms with Gasteiger partial charge in [0.05, 0.1) is 34.0 Å². The second-order valence-electron chi connectivity index (χ2n) is 15.7. The zero-order chi connectivity index (χ0) is 37.1. The minimum atomic E-state index is -0.151. The van der Waals surface area contributed by atoms with Crippen molar-refractivity contribution in [2.24, 2.45) is 23.7 Å². The van der Waals surface area contributed by atoms with Crippen molar-refractivity contribution in [3.8, 4) is 17.2 Å². The molecule has 7 heteroatoms. The van der Waals surface area contributed by atoms with Crippen LogP contribution in [0.1, 0.15) is 56.9 Å². The number of ether oxygens (including phenoxy) is 2. The molecule has 0 saturated heterocycles. The number of rotatable bonds is 14. The third kappa shape index (κ3) is 7.71. The molecule has 7 atom stereocenters. The Kier molecular flexibility index (Phi) is 11.3. The van der Waals surface area contributed by atoms with E-state index in [2.05, 4.69) is 103 Å². The largest absolute Gasteiger partial charge is 0.496 e. The number of hydrogen-bond donors (Lipinski definition) is 0. The topological polar surface area (TPSA) is 46.2 Å². The van der Waals surface area contributed by atoms with Crippen molar-refractivity contribution in [1.29, 1.82) is 0 Å². The molecule has 5 nitrogen and oxygen atoms in total. The van der Waals surface area contributed by atoms with Crippen LogP contribution in [0, 0.1) is 23.7 Å². The van der Waals surface area contributed by atoms with Gasteiger partial charge in [-0.15, -0.1) is 0 Å². The lowest BCUT2D eigenvalue weighted by Gasteiger charge is -2.38. The molecule has 0 aromatic heterocycles. The molecule has 0 saturated carbocycles. The van der Waals surface area contributed by atoms with Crippen LogP contribution in [0.4, 0.5) is 0 Å². The fraction of sp³-hybridized carbons (Fsp3) is 0.375. The van der Waals surface area contributed by atoms with Crippen LogP contribution in [0.3, 0.4) is 0 Å². The third-order valence-corrected chi connectivity index (χ3v) is 14.2. The van der Waals surface area contributed by atoms with Gasteiger partial charge in [-0.25, -0.2) is 0 Å². The first-order valence-corrected chi connectivity index (χ1v) is 22.2. The lowest BCUT2D eigenvalue weighted by atomic mass is 9.68. The van der Waals surface area contributed by atoms with Gasteiger partial charge in [0.15, 0.2) is 0 Å². The first-order chi connectivity index (χ1) is 27.2. The lowest BCUT2D eigenvalue weighted by molar-refractivity contribution is 0.148. The van der Waals surface area contributed by atoms with Gasteiger partial charge in [0.25, 0.3) is 0 Å². The summed E-state index contributed by atoms with van der Waals surface area (Å²) in [6.45, 7) is 0.870. The van der Waals surface area contributed by atoms with Gasteiger partial charge < -0.3 is 23.0 Å². The molecule has 5 aliphatic rings. The van der Waals surface area contributed by atoms with E-state index in [1.807, 2.05) is 7.11 Å². The van der Waals surface area contributed by atoms with Gasteiger partial charge in [-0.3, -0.25) is 0 Å². The second-order valence-corrected chi connectivity index (χ2v) is 17.2. The van der Waals surface area contributed by atoms with Gasteiger partial charge in [0, 0.05) is 43.0 Å². The zero-order valence-corrected chi connectivity index (χ0v) is 34.0. The number of allylic oxidation sites excluding steroid dienone is 8. The van der Waals surface area contributed by atoms with Crippen LogP contribution in [0.25, 0.3) is 21.5 Å². The van der Waals surface area contributed by atoms with E-state index < -0.39 is 0 Å². The number of hydrogen-bond acceptors (Lipinski definition) is 5. The van der Waals surface area contributed by atoms with Crippen molar-refractivity contribution in [3.05, 3.63) is 137 Å². The Morgan fingerprint density at radius 2 is 1.58 bits per heavy atom. The van der Waals surface area contributed by atoms with Gasteiger partial charge >= 0.3 is 0 Å². The maximum atomic E-state index is 6.74. The Bertz CT molecular complexity index is 2210. The lowest BCUT2D eigenvalue weighted by Crippen LogP contribution is -2.27. The molecule has 284 valence electrons. The van der Waals surface area contributed by atoms with Crippen LogP contribution in [-0.2, 0) is 15.7 Å². The van der Waals surface area contributed by atoms with Crippen LogP contribution < -0.4 is 13.8 Å². The molecule has 0 spiro atoms. The highest BCUT2D eigenvalue weighted by atomic mass is 31.1. The van der Waals surface area contributed by atoms with Gasteiger partial charge in [-0.05, 0) is 103 Å². The Labute approximate surface area is 329 Å². The molecule has 0 fully saturated rings. The molecule has 0 N–H and O–H groups in total. The Hall–Kier alpha value is -3.72. The van der Waals surface area contributed by atoms with Gasteiger partial charge in [0.1, 0.15) is 17.2 Å². The second kappa shape index (κ2) is 16.8. The molecule has 7 unspecified atom stereocenters. The summed E-state index contributed by atoms with van der Waals surface area (Å²) >= 11 is 0. The molecule has 0 radical (unpaired) electrons. The third-order valence-electron chi connectivity index (χ3n) is 12.6. The smallest absolute Gasteiger partial charge is 0.215 e. The van der Waals surface area contributed by atoms with Gasteiger partial charge in [-0.1, -0.05) is 102 Å². The summed E-state index contributed by atoms with van der Waals surface area (Å²) in [5.41, 5.74) is 8.98.